The number of H-pyrrole nitrogens is 1. The van der Waals surface area contributed by atoms with Crippen molar-refractivity contribution in [1.29, 1.82) is 0 Å². The fourth-order valence-corrected chi connectivity index (χ4v) is 0.786. The van der Waals surface area contributed by atoms with Gasteiger partial charge in [-0.2, -0.15) is 27.1 Å². The van der Waals surface area contributed by atoms with Crippen molar-refractivity contribution in [3.05, 3.63) is 11.9 Å². The number of nitrogens with two attached hydrogens (primary N) is 1. The van der Waals surface area contributed by atoms with E-state index in [1.54, 1.807) is 0 Å². The van der Waals surface area contributed by atoms with E-state index >= 15 is 0 Å². The van der Waals surface area contributed by atoms with E-state index in [2.05, 4.69) is 5.10 Å². The molecule has 0 aromatic carbocycles. The Kier molecular flexibility index (Phi) is 2.38. The summed E-state index contributed by atoms with van der Waals surface area (Å²) in [5.41, 5.74) is 4.46. The molecule has 0 aliphatic heterocycles. The van der Waals surface area contributed by atoms with Crippen LogP contribution in [0.5, 0.6) is 0 Å². The third-order valence-corrected chi connectivity index (χ3v) is 1.57. The van der Waals surface area contributed by atoms with Crippen molar-refractivity contribution >= 4 is 5.69 Å². The number of alkyl halides is 5. The Labute approximate surface area is 75.1 Å². The largest absolute Gasteiger partial charge is 0.453 e. The molecular formula is C6H6F5N3. The second-order valence-corrected chi connectivity index (χ2v) is 2.68. The first-order valence-electron chi connectivity index (χ1n) is 3.46. The molecule has 0 fully saturated rings. The van der Waals surface area contributed by atoms with Crippen molar-refractivity contribution in [3.8, 4) is 0 Å². The third kappa shape index (κ3) is 1.94. The Bertz CT molecular complexity index is 316. The van der Waals surface area contributed by atoms with Gasteiger partial charge in [0.2, 0.25) is 0 Å². The maximum atomic E-state index is 12.4. The summed E-state index contributed by atoms with van der Waals surface area (Å²) in [6.45, 7) is 0. The van der Waals surface area contributed by atoms with Gasteiger partial charge in [-0.3, -0.25) is 5.10 Å². The summed E-state index contributed by atoms with van der Waals surface area (Å²) in [4.78, 5) is 0. The molecule has 0 unspecified atom stereocenters. The van der Waals surface area contributed by atoms with Crippen LogP contribution in [0.3, 0.4) is 0 Å². The van der Waals surface area contributed by atoms with Gasteiger partial charge in [-0.15, -0.1) is 0 Å². The van der Waals surface area contributed by atoms with Gasteiger partial charge in [0.15, 0.2) is 0 Å². The molecular weight excluding hydrogens is 209 g/mol. The minimum Gasteiger partial charge on any atom is -0.396 e. The van der Waals surface area contributed by atoms with E-state index in [1.165, 1.54) is 0 Å². The monoisotopic (exact) mass is 215 g/mol. The molecule has 3 N–H and O–H groups in total. The molecule has 0 bridgehead atoms. The smallest absolute Gasteiger partial charge is 0.396 e. The van der Waals surface area contributed by atoms with E-state index in [0.29, 0.717) is 0 Å². The molecule has 8 heteroatoms. The highest BCUT2D eigenvalue weighted by Gasteiger charge is 2.57. The number of hydrogen-bond acceptors (Lipinski definition) is 2. The van der Waals surface area contributed by atoms with E-state index in [9.17, 15) is 22.0 Å². The zero-order chi connectivity index (χ0) is 11.0. The fourth-order valence-electron chi connectivity index (χ4n) is 0.786. The van der Waals surface area contributed by atoms with Crippen molar-refractivity contribution in [2.45, 2.75) is 18.5 Å². The summed E-state index contributed by atoms with van der Waals surface area (Å²) in [6, 6.07) is 0. The van der Waals surface area contributed by atoms with Crippen molar-refractivity contribution in [2.75, 3.05) is 5.73 Å². The summed E-state index contributed by atoms with van der Waals surface area (Å²) in [5.74, 6) is -4.80. The van der Waals surface area contributed by atoms with Gasteiger partial charge in [-0.05, 0) is 0 Å². The second kappa shape index (κ2) is 3.10. The van der Waals surface area contributed by atoms with Crippen molar-refractivity contribution in [2.24, 2.45) is 0 Å². The summed E-state index contributed by atoms with van der Waals surface area (Å²) < 4.78 is 60.1. The van der Waals surface area contributed by atoms with Crippen LogP contribution in [0.15, 0.2) is 6.20 Å². The summed E-state index contributed by atoms with van der Waals surface area (Å²) in [7, 11) is 0. The van der Waals surface area contributed by atoms with Crippen LogP contribution < -0.4 is 5.73 Å². The lowest BCUT2D eigenvalue weighted by Crippen LogP contribution is -2.38. The van der Waals surface area contributed by atoms with E-state index < -0.39 is 24.2 Å². The fraction of sp³-hybridized carbons (Fsp3) is 0.500. The maximum Gasteiger partial charge on any atom is 0.453 e. The van der Waals surface area contributed by atoms with Gasteiger partial charge in [0.1, 0.15) is 0 Å². The molecule has 0 aliphatic carbocycles. The van der Waals surface area contributed by atoms with Crippen molar-refractivity contribution in [1.82, 2.24) is 10.2 Å². The van der Waals surface area contributed by atoms with Crippen LogP contribution in [0.25, 0.3) is 0 Å². The standard InChI is InChI=1S/C6H6F5N3/c7-5(8,6(9,10)11)1-4-3(12)2-13-14-4/h2H,1,12H2,(H,13,14). The van der Waals surface area contributed by atoms with Crippen LogP contribution >= 0.6 is 0 Å². The molecule has 80 valence electrons. The molecule has 3 nitrogen and oxygen atoms in total. The molecule has 1 rings (SSSR count). The van der Waals surface area contributed by atoms with Gasteiger partial charge in [0.25, 0.3) is 0 Å². The van der Waals surface area contributed by atoms with Crippen molar-refractivity contribution < 1.29 is 22.0 Å². The summed E-state index contributed by atoms with van der Waals surface area (Å²) in [5, 5.41) is 5.22. The lowest BCUT2D eigenvalue weighted by atomic mass is 10.1. The minimum absolute atomic E-state index is 0.214. The zero-order valence-corrected chi connectivity index (χ0v) is 6.70. The summed E-state index contributed by atoms with van der Waals surface area (Å²) >= 11 is 0. The SMILES string of the molecule is Nc1cn[nH]c1CC(F)(F)C(F)(F)F. The molecule has 0 radical (unpaired) electrons. The first-order valence-corrected chi connectivity index (χ1v) is 3.46. The molecule has 14 heavy (non-hydrogen) atoms. The first kappa shape index (κ1) is 10.7. The molecule has 0 amide bonds. The zero-order valence-electron chi connectivity index (χ0n) is 6.70. The molecule has 1 aromatic heterocycles. The van der Waals surface area contributed by atoms with Gasteiger partial charge in [-0.25, -0.2) is 0 Å². The Hall–Kier alpha value is -1.34. The van der Waals surface area contributed by atoms with E-state index in [1.807, 2.05) is 5.10 Å². The van der Waals surface area contributed by atoms with Gasteiger partial charge >= 0.3 is 12.1 Å². The number of aromatic nitrogens is 2. The number of aromatic amines is 1. The molecule has 1 aromatic rings. The van der Waals surface area contributed by atoms with Crippen LogP contribution in [-0.2, 0) is 6.42 Å². The number of rotatable bonds is 2. The average molecular weight is 215 g/mol. The highest BCUT2D eigenvalue weighted by molar-refractivity contribution is 5.40. The third-order valence-electron chi connectivity index (χ3n) is 1.57. The van der Waals surface area contributed by atoms with E-state index in [-0.39, 0.29) is 5.69 Å². The highest BCUT2D eigenvalue weighted by Crippen LogP contribution is 2.38. The Balaban J connectivity index is 2.84. The molecule has 0 spiro atoms. The number of nitrogens with one attached hydrogen (secondary N) is 1. The molecule has 0 atom stereocenters. The molecule has 0 saturated heterocycles. The molecule has 0 saturated carbocycles. The normalized spacial score (nSPS) is 13.2. The summed E-state index contributed by atoms with van der Waals surface area (Å²) in [6.07, 6.45) is -6.13. The maximum absolute atomic E-state index is 12.4. The number of nitrogens with zero attached hydrogens (tertiary/aromatic N) is 1. The quantitative estimate of drug-likeness (QED) is 0.738. The number of hydrogen-bond donors (Lipinski definition) is 2. The molecule has 1 heterocycles. The second-order valence-electron chi connectivity index (χ2n) is 2.68. The Morgan fingerprint density at radius 3 is 2.21 bits per heavy atom. The van der Waals surface area contributed by atoms with Gasteiger partial charge in [0.05, 0.1) is 24.0 Å². The Morgan fingerprint density at radius 2 is 1.86 bits per heavy atom. The number of anilines is 1. The molecule has 0 aliphatic rings. The van der Waals surface area contributed by atoms with Crippen LogP contribution in [-0.4, -0.2) is 22.3 Å². The minimum atomic E-state index is -5.58. The predicted molar refractivity (Wildman–Crippen MR) is 37.7 cm³/mol. The van der Waals surface area contributed by atoms with Gasteiger partial charge in [0, 0.05) is 0 Å². The topological polar surface area (TPSA) is 54.7 Å². The van der Waals surface area contributed by atoms with Gasteiger partial charge < -0.3 is 5.73 Å². The predicted octanol–water partition coefficient (Wildman–Crippen LogP) is 1.73. The lowest BCUT2D eigenvalue weighted by molar-refractivity contribution is -0.281. The van der Waals surface area contributed by atoms with E-state index in [4.69, 9.17) is 5.73 Å². The van der Waals surface area contributed by atoms with E-state index in [0.717, 1.165) is 6.20 Å². The van der Waals surface area contributed by atoms with Gasteiger partial charge in [-0.1, -0.05) is 0 Å². The number of nitrogen functional groups attached to an aromatic ring is 1. The van der Waals surface area contributed by atoms with Crippen LogP contribution in [0.2, 0.25) is 0 Å². The first-order chi connectivity index (χ1) is 6.24. The van der Waals surface area contributed by atoms with Crippen LogP contribution in [0.4, 0.5) is 27.6 Å². The number of halogens is 5. The van der Waals surface area contributed by atoms with Crippen LogP contribution in [0.1, 0.15) is 5.69 Å². The van der Waals surface area contributed by atoms with Crippen LogP contribution in [0, 0.1) is 0 Å². The Morgan fingerprint density at radius 1 is 1.29 bits per heavy atom. The highest BCUT2D eigenvalue weighted by atomic mass is 19.4. The lowest BCUT2D eigenvalue weighted by Gasteiger charge is -2.18. The average Bonchev–Trinajstić information content (AvgIpc) is 2.33. The van der Waals surface area contributed by atoms with Crippen molar-refractivity contribution in [3.63, 3.8) is 0 Å².